The molecule has 0 saturated carbocycles. The molecule has 0 aliphatic heterocycles. The second-order valence-electron chi connectivity index (χ2n) is 4.32. The van der Waals surface area contributed by atoms with E-state index in [2.05, 4.69) is 44.1 Å². The fourth-order valence-corrected chi connectivity index (χ4v) is 1.24. The fourth-order valence-electron chi connectivity index (χ4n) is 1.24. The number of aliphatic imine (C=N–C) groups is 1. The Bertz CT molecular complexity index is 207. The van der Waals surface area contributed by atoms with E-state index in [1.165, 1.54) is 5.70 Å². The molecule has 0 aliphatic carbocycles. The minimum absolute atomic E-state index is 0.132. The zero-order valence-electron chi connectivity index (χ0n) is 9.73. The van der Waals surface area contributed by atoms with E-state index in [1.807, 2.05) is 13.8 Å². The zero-order valence-corrected chi connectivity index (χ0v) is 9.73. The molecule has 13 heavy (non-hydrogen) atoms. The molecule has 2 nitrogen and oxygen atoms in total. The Morgan fingerprint density at radius 2 is 1.85 bits per heavy atom. The van der Waals surface area contributed by atoms with Crippen molar-refractivity contribution in [1.82, 2.24) is 5.32 Å². The van der Waals surface area contributed by atoms with Gasteiger partial charge in [-0.1, -0.05) is 0 Å². The fraction of sp³-hybridized carbons (Fsp3) is 0.727. The van der Waals surface area contributed by atoms with Gasteiger partial charge in [-0.25, -0.2) is 0 Å². The molecule has 0 fully saturated rings. The summed E-state index contributed by atoms with van der Waals surface area (Å²) in [5.41, 5.74) is 2.38. The summed E-state index contributed by atoms with van der Waals surface area (Å²) in [7, 11) is 0. The first-order valence-electron chi connectivity index (χ1n) is 4.82. The SMILES string of the molecule is CCN=C(C)/C=C(/C)NC(C)(C)C. The topological polar surface area (TPSA) is 24.4 Å². The molecule has 2 heteroatoms. The van der Waals surface area contributed by atoms with E-state index in [0.717, 1.165) is 12.3 Å². The van der Waals surface area contributed by atoms with Crippen molar-refractivity contribution in [2.75, 3.05) is 6.54 Å². The van der Waals surface area contributed by atoms with Gasteiger partial charge in [0.2, 0.25) is 0 Å². The van der Waals surface area contributed by atoms with Crippen LogP contribution in [0, 0.1) is 0 Å². The molecule has 0 amide bonds. The Kier molecular flexibility index (Phi) is 4.74. The third-order valence-corrected chi connectivity index (χ3v) is 1.41. The van der Waals surface area contributed by atoms with E-state index in [4.69, 9.17) is 0 Å². The Hall–Kier alpha value is -0.790. The third-order valence-electron chi connectivity index (χ3n) is 1.41. The minimum atomic E-state index is 0.132. The lowest BCUT2D eigenvalue weighted by atomic mass is 10.1. The molecule has 0 rings (SSSR count). The molecule has 0 heterocycles. The van der Waals surface area contributed by atoms with Gasteiger partial charge in [0, 0.05) is 23.5 Å². The molecule has 0 aliphatic rings. The Balaban J connectivity index is 4.26. The standard InChI is InChI=1S/C11H22N2/c1-7-12-9(2)8-10(3)13-11(4,5)6/h8,13H,7H2,1-6H3/b10-8-,12-9?. The highest BCUT2D eigenvalue weighted by atomic mass is 15.0. The minimum Gasteiger partial charge on any atom is -0.384 e. The van der Waals surface area contributed by atoms with Crippen LogP contribution in [0.5, 0.6) is 0 Å². The predicted molar refractivity (Wildman–Crippen MR) is 60.3 cm³/mol. The van der Waals surface area contributed by atoms with E-state index in [0.29, 0.717) is 0 Å². The van der Waals surface area contributed by atoms with Gasteiger partial charge in [0.25, 0.3) is 0 Å². The molecule has 0 aromatic carbocycles. The summed E-state index contributed by atoms with van der Waals surface area (Å²) in [6.07, 6.45) is 2.08. The van der Waals surface area contributed by atoms with Gasteiger partial charge in [0.1, 0.15) is 0 Å². The molecule has 0 saturated heterocycles. The number of hydrogen-bond donors (Lipinski definition) is 1. The summed E-state index contributed by atoms with van der Waals surface area (Å²) < 4.78 is 0. The maximum atomic E-state index is 4.29. The van der Waals surface area contributed by atoms with Crippen molar-refractivity contribution >= 4 is 5.71 Å². The van der Waals surface area contributed by atoms with E-state index in [-0.39, 0.29) is 5.54 Å². The molecule has 0 aromatic heterocycles. The van der Waals surface area contributed by atoms with Crippen LogP contribution >= 0.6 is 0 Å². The maximum Gasteiger partial charge on any atom is 0.0364 e. The molecule has 0 atom stereocenters. The monoisotopic (exact) mass is 182 g/mol. The highest BCUT2D eigenvalue weighted by Gasteiger charge is 2.07. The van der Waals surface area contributed by atoms with E-state index in [9.17, 15) is 0 Å². The van der Waals surface area contributed by atoms with Crippen molar-refractivity contribution in [1.29, 1.82) is 0 Å². The van der Waals surface area contributed by atoms with Crippen LogP contribution in [0.4, 0.5) is 0 Å². The van der Waals surface area contributed by atoms with Crippen molar-refractivity contribution in [3.63, 3.8) is 0 Å². The second-order valence-corrected chi connectivity index (χ2v) is 4.32. The Morgan fingerprint density at radius 1 is 1.31 bits per heavy atom. The zero-order chi connectivity index (χ0) is 10.5. The molecule has 1 N–H and O–H groups in total. The quantitative estimate of drug-likeness (QED) is 0.667. The molecule has 0 bridgehead atoms. The van der Waals surface area contributed by atoms with Crippen LogP contribution in [0.15, 0.2) is 16.8 Å². The van der Waals surface area contributed by atoms with Gasteiger partial charge in [-0.05, 0) is 47.6 Å². The van der Waals surface area contributed by atoms with Crippen LogP contribution in [0.3, 0.4) is 0 Å². The summed E-state index contributed by atoms with van der Waals surface area (Å²) in [6, 6.07) is 0. The van der Waals surface area contributed by atoms with Crippen LogP contribution in [0.25, 0.3) is 0 Å². The number of hydrogen-bond acceptors (Lipinski definition) is 2. The van der Waals surface area contributed by atoms with Crippen molar-refractivity contribution in [3.8, 4) is 0 Å². The summed E-state index contributed by atoms with van der Waals surface area (Å²) >= 11 is 0. The first kappa shape index (κ1) is 12.2. The molecular formula is C11H22N2. The van der Waals surface area contributed by atoms with Crippen molar-refractivity contribution in [3.05, 3.63) is 11.8 Å². The average molecular weight is 182 g/mol. The summed E-state index contributed by atoms with van der Waals surface area (Å²) in [6.45, 7) is 13.4. The first-order chi connectivity index (χ1) is 5.85. The van der Waals surface area contributed by atoms with Gasteiger partial charge < -0.3 is 5.32 Å². The lowest BCUT2D eigenvalue weighted by Crippen LogP contribution is -2.34. The second kappa shape index (κ2) is 5.05. The number of rotatable bonds is 3. The molecule has 0 spiro atoms. The number of nitrogens with one attached hydrogen (secondary N) is 1. The van der Waals surface area contributed by atoms with Gasteiger partial charge in [0.15, 0.2) is 0 Å². The molecule has 0 aromatic rings. The van der Waals surface area contributed by atoms with Crippen LogP contribution in [0.2, 0.25) is 0 Å². The molecule has 76 valence electrons. The largest absolute Gasteiger partial charge is 0.384 e. The summed E-state index contributed by atoms with van der Waals surface area (Å²) in [5, 5.41) is 3.39. The van der Waals surface area contributed by atoms with Crippen molar-refractivity contribution in [2.24, 2.45) is 4.99 Å². The lowest BCUT2D eigenvalue weighted by molar-refractivity contribution is 0.474. The normalized spacial score (nSPS) is 14.6. The maximum absolute atomic E-state index is 4.29. The van der Waals surface area contributed by atoms with E-state index in [1.54, 1.807) is 0 Å². The van der Waals surface area contributed by atoms with Gasteiger partial charge in [0.05, 0.1) is 0 Å². The highest BCUT2D eigenvalue weighted by Crippen LogP contribution is 2.03. The first-order valence-corrected chi connectivity index (χ1v) is 4.82. The van der Waals surface area contributed by atoms with Crippen LogP contribution in [0.1, 0.15) is 41.5 Å². The van der Waals surface area contributed by atoms with Crippen LogP contribution < -0.4 is 5.32 Å². The predicted octanol–water partition coefficient (Wildman–Crippen LogP) is 2.76. The van der Waals surface area contributed by atoms with E-state index < -0.39 is 0 Å². The van der Waals surface area contributed by atoms with Gasteiger partial charge >= 0.3 is 0 Å². The van der Waals surface area contributed by atoms with Crippen molar-refractivity contribution in [2.45, 2.75) is 47.1 Å². The van der Waals surface area contributed by atoms with Gasteiger partial charge in [-0.15, -0.1) is 0 Å². The van der Waals surface area contributed by atoms with Gasteiger partial charge in [-0.3, -0.25) is 4.99 Å². The summed E-state index contributed by atoms with van der Waals surface area (Å²) in [4.78, 5) is 4.29. The van der Waals surface area contributed by atoms with Crippen molar-refractivity contribution < 1.29 is 0 Å². The Labute approximate surface area is 82.1 Å². The van der Waals surface area contributed by atoms with Gasteiger partial charge in [-0.2, -0.15) is 0 Å². The molecule has 0 radical (unpaired) electrons. The molecular weight excluding hydrogens is 160 g/mol. The third kappa shape index (κ3) is 7.57. The number of allylic oxidation sites excluding steroid dienone is 2. The Morgan fingerprint density at radius 3 is 2.23 bits per heavy atom. The summed E-state index contributed by atoms with van der Waals surface area (Å²) in [5.74, 6) is 0. The van der Waals surface area contributed by atoms with Crippen LogP contribution in [-0.4, -0.2) is 17.8 Å². The average Bonchev–Trinajstić information content (AvgIpc) is 1.81. The van der Waals surface area contributed by atoms with Crippen LogP contribution in [-0.2, 0) is 0 Å². The number of nitrogens with zero attached hydrogens (tertiary/aromatic N) is 1. The lowest BCUT2D eigenvalue weighted by Gasteiger charge is -2.22. The molecule has 0 unspecified atom stereocenters. The highest BCUT2D eigenvalue weighted by molar-refractivity contribution is 5.93. The smallest absolute Gasteiger partial charge is 0.0364 e. The van der Waals surface area contributed by atoms with E-state index >= 15 is 0 Å².